The molecular formula is C13H14ClF7N2O. The number of anilines is 1. The van der Waals surface area contributed by atoms with Crippen LogP contribution in [0.25, 0.3) is 0 Å². The van der Waals surface area contributed by atoms with Gasteiger partial charge in [0.1, 0.15) is 5.82 Å². The molecule has 0 radical (unpaired) electrons. The van der Waals surface area contributed by atoms with Gasteiger partial charge >= 0.3 is 12.4 Å². The highest BCUT2D eigenvalue weighted by Gasteiger charge is 2.42. The molecule has 0 saturated carbocycles. The number of ether oxygens (including phenoxy) is 1. The van der Waals surface area contributed by atoms with Crippen molar-refractivity contribution in [3.05, 3.63) is 23.6 Å². The van der Waals surface area contributed by atoms with Crippen molar-refractivity contribution in [3.8, 4) is 0 Å². The Hall–Kier alpha value is -1.29. The van der Waals surface area contributed by atoms with E-state index in [1.54, 1.807) is 0 Å². The fraction of sp³-hybridized carbons (Fsp3) is 0.615. The number of nitrogens with zero attached hydrogens (tertiary/aromatic N) is 1. The van der Waals surface area contributed by atoms with E-state index in [1.165, 1.54) is 0 Å². The molecule has 1 aromatic rings. The van der Waals surface area contributed by atoms with Crippen molar-refractivity contribution in [3.63, 3.8) is 0 Å². The van der Waals surface area contributed by atoms with E-state index in [2.05, 4.69) is 10.3 Å². The molecule has 2 heterocycles. The number of nitrogens with one attached hydrogen (secondary N) is 1. The summed E-state index contributed by atoms with van der Waals surface area (Å²) in [5.74, 6) is -1.98. The zero-order chi connectivity index (χ0) is 17.3. The van der Waals surface area contributed by atoms with Gasteiger partial charge in [-0.1, -0.05) is 0 Å². The average Bonchev–Trinajstić information content (AvgIpc) is 2.44. The van der Waals surface area contributed by atoms with Gasteiger partial charge in [-0.15, -0.1) is 12.4 Å². The van der Waals surface area contributed by atoms with E-state index in [1.807, 2.05) is 0 Å². The molecule has 1 aliphatic rings. The van der Waals surface area contributed by atoms with Gasteiger partial charge in [-0.3, -0.25) is 0 Å². The van der Waals surface area contributed by atoms with Crippen LogP contribution in [0.3, 0.4) is 0 Å². The molecule has 0 unspecified atom stereocenters. The Morgan fingerprint density at radius 2 is 1.79 bits per heavy atom. The molecule has 2 atom stereocenters. The van der Waals surface area contributed by atoms with Crippen LogP contribution in [0.4, 0.5) is 36.6 Å². The number of hydrogen-bond acceptors (Lipinski definition) is 3. The molecule has 24 heavy (non-hydrogen) atoms. The molecule has 0 amide bonds. The topological polar surface area (TPSA) is 34.1 Å². The predicted molar refractivity (Wildman–Crippen MR) is 73.5 cm³/mol. The molecule has 138 valence electrons. The van der Waals surface area contributed by atoms with Crippen LogP contribution >= 0.6 is 12.4 Å². The van der Waals surface area contributed by atoms with Gasteiger partial charge in [0.05, 0.1) is 6.61 Å². The van der Waals surface area contributed by atoms with Crippen molar-refractivity contribution in [2.45, 2.75) is 31.3 Å². The second-order valence-corrected chi connectivity index (χ2v) is 5.21. The summed E-state index contributed by atoms with van der Waals surface area (Å²) < 4.78 is 92.6. The average molecular weight is 383 g/mol. The second kappa shape index (κ2) is 7.73. The van der Waals surface area contributed by atoms with Gasteiger partial charge in [0.2, 0.25) is 0 Å². The van der Waals surface area contributed by atoms with E-state index in [4.69, 9.17) is 4.74 Å². The monoisotopic (exact) mass is 382 g/mol. The van der Waals surface area contributed by atoms with Gasteiger partial charge in [0.25, 0.3) is 0 Å². The van der Waals surface area contributed by atoms with Crippen LogP contribution in [0.15, 0.2) is 12.1 Å². The summed E-state index contributed by atoms with van der Waals surface area (Å²) in [7, 11) is 0. The Bertz CT molecular complexity index is 542. The van der Waals surface area contributed by atoms with Crippen molar-refractivity contribution in [2.75, 3.05) is 18.5 Å². The van der Waals surface area contributed by atoms with E-state index in [9.17, 15) is 30.7 Å². The van der Waals surface area contributed by atoms with Gasteiger partial charge < -0.3 is 10.1 Å². The fourth-order valence-corrected chi connectivity index (χ4v) is 2.21. The normalized spacial score (nSPS) is 22.0. The van der Waals surface area contributed by atoms with Crippen molar-refractivity contribution in [2.24, 2.45) is 5.92 Å². The van der Waals surface area contributed by atoms with Gasteiger partial charge in [-0.25, -0.2) is 9.37 Å². The van der Waals surface area contributed by atoms with Crippen LogP contribution in [0.5, 0.6) is 0 Å². The van der Waals surface area contributed by atoms with Gasteiger partial charge in [0.15, 0.2) is 17.6 Å². The summed E-state index contributed by atoms with van der Waals surface area (Å²) in [4.78, 5) is 3.15. The number of halogens is 8. The molecule has 0 aliphatic carbocycles. The Balaban J connectivity index is 0.00000288. The number of pyridine rings is 1. The number of rotatable bonds is 3. The maximum atomic E-state index is 13.1. The largest absolute Gasteiger partial charge is 0.436 e. The molecule has 1 fully saturated rings. The fourth-order valence-electron chi connectivity index (χ4n) is 2.21. The lowest BCUT2D eigenvalue weighted by atomic mass is 9.98. The molecular weight excluding hydrogens is 369 g/mol. The third kappa shape index (κ3) is 5.37. The number of hydrogen-bond donors (Lipinski definition) is 1. The minimum Gasteiger partial charge on any atom is -0.370 e. The molecule has 0 aromatic carbocycles. The molecule has 11 heteroatoms. The third-order valence-electron chi connectivity index (χ3n) is 3.42. The zero-order valence-electron chi connectivity index (χ0n) is 12.0. The highest BCUT2D eigenvalue weighted by atomic mass is 35.5. The molecule has 0 bridgehead atoms. The van der Waals surface area contributed by atoms with E-state index in [0.29, 0.717) is 6.07 Å². The minimum absolute atomic E-state index is 0. The van der Waals surface area contributed by atoms with Crippen LogP contribution in [-0.2, 0) is 10.9 Å². The number of alkyl halides is 6. The van der Waals surface area contributed by atoms with E-state index < -0.39 is 30.0 Å². The predicted octanol–water partition coefficient (Wildman–Crippen LogP) is 4.43. The smallest absolute Gasteiger partial charge is 0.370 e. The Kier molecular flexibility index (Phi) is 6.68. The highest BCUT2D eigenvalue weighted by Crippen LogP contribution is 2.32. The second-order valence-electron chi connectivity index (χ2n) is 5.21. The summed E-state index contributed by atoms with van der Waals surface area (Å²) >= 11 is 0. The third-order valence-corrected chi connectivity index (χ3v) is 3.42. The lowest BCUT2D eigenvalue weighted by Crippen LogP contribution is -2.39. The summed E-state index contributed by atoms with van der Waals surface area (Å²) in [6.45, 7) is -0.0784. The zero-order valence-corrected chi connectivity index (χ0v) is 12.9. The summed E-state index contributed by atoms with van der Waals surface area (Å²) in [5.41, 5.74) is -1.64. The van der Waals surface area contributed by atoms with E-state index in [0.717, 1.165) is 6.07 Å². The van der Waals surface area contributed by atoms with E-state index in [-0.39, 0.29) is 50.1 Å². The Labute approximate surface area is 139 Å². The summed E-state index contributed by atoms with van der Waals surface area (Å²) in [6.07, 6.45) is -11.1. The number of aromatic nitrogens is 1. The van der Waals surface area contributed by atoms with Crippen molar-refractivity contribution >= 4 is 18.2 Å². The van der Waals surface area contributed by atoms with Crippen LogP contribution in [0, 0.1) is 11.7 Å². The quantitative estimate of drug-likeness (QED) is 0.785. The maximum absolute atomic E-state index is 13.1. The van der Waals surface area contributed by atoms with Gasteiger partial charge in [-0.2, -0.15) is 26.3 Å². The molecule has 1 aromatic heterocycles. The van der Waals surface area contributed by atoms with Crippen LogP contribution in [0.2, 0.25) is 0 Å². The van der Waals surface area contributed by atoms with Crippen LogP contribution in [-0.4, -0.2) is 30.4 Å². The van der Waals surface area contributed by atoms with Crippen molar-refractivity contribution < 1.29 is 35.5 Å². The minimum atomic E-state index is -4.92. The first-order valence-electron chi connectivity index (χ1n) is 6.73. The lowest BCUT2D eigenvalue weighted by Gasteiger charge is -2.30. The molecule has 1 aliphatic heterocycles. The first-order chi connectivity index (χ1) is 10.6. The first kappa shape index (κ1) is 20.8. The molecule has 1 saturated heterocycles. The lowest BCUT2D eigenvalue weighted by molar-refractivity contribution is -0.235. The van der Waals surface area contributed by atoms with E-state index >= 15 is 0 Å². The van der Waals surface area contributed by atoms with Gasteiger partial charge in [-0.05, 0) is 30.9 Å². The molecule has 3 nitrogen and oxygen atoms in total. The summed E-state index contributed by atoms with van der Waals surface area (Å²) in [6, 6.07) is 1.67. The van der Waals surface area contributed by atoms with Gasteiger partial charge in [0, 0.05) is 6.54 Å². The molecule has 2 rings (SSSR count). The Morgan fingerprint density at radius 1 is 1.12 bits per heavy atom. The van der Waals surface area contributed by atoms with Crippen molar-refractivity contribution in [1.82, 2.24) is 4.98 Å². The molecule has 1 N–H and O–H groups in total. The summed E-state index contributed by atoms with van der Waals surface area (Å²) in [5, 5.41) is 2.57. The van der Waals surface area contributed by atoms with Crippen LogP contribution in [0.1, 0.15) is 18.5 Å². The molecule has 0 spiro atoms. The SMILES string of the molecule is Cl.Fc1ccc(NC[C@H]2CC[C@H](C(F)(F)F)OC2)nc1C(F)(F)F. The highest BCUT2D eigenvalue weighted by molar-refractivity contribution is 5.85. The first-order valence-corrected chi connectivity index (χ1v) is 6.73. The maximum Gasteiger partial charge on any atom is 0.436 e. The van der Waals surface area contributed by atoms with Crippen LogP contribution < -0.4 is 5.32 Å². The standard InChI is InChI=1S/C13H13F7N2O.ClH/c14-8-2-4-10(22-11(8)13(18,19)20)21-5-7-1-3-9(23-6-7)12(15,16)17;/h2,4,7,9H,1,3,5-6H2,(H,21,22);1H/t7-,9-;/m1./s1. The van der Waals surface area contributed by atoms with Crippen molar-refractivity contribution in [1.29, 1.82) is 0 Å². The Morgan fingerprint density at radius 3 is 2.29 bits per heavy atom.